The van der Waals surface area contributed by atoms with Crippen LogP contribution < -0.4 is 5.73 Å². The van der Waals surface area contributed by atoms with Crippen molar-refractivity contribution < 1.29 is 15.1 Å². The van der Waals surface area contributed by atoms with Gasteiger partial charge in [0.15, 0.2) is 5.84 Å². The smallest absolute Gasteiger partial charge is 0.236 e. The van der Waals surface area contributed by atoms with Crippen LogP contribution in [0, 0.1) is 5.41 Å². The average molecular weight is 283 g/mol. The number of hydrogen-bond acceptors (Lipinski definition) is 4. The van der Waals surface area contributed by atoms with Crippen LogP contribution in [-0.2, 0) is 4.79 Å². The Kier molecular flexibility index (Phi) is 4.86. The molecule has 0 radical (unpaired) electrons. The average Bonchev–Trinajstić information content (AvgIpc) is 2.44. The van der Waals surface area contributed by atoms with Crippen molar-refractivity contribution in [3.8, 4) is 0 Å². The molecule has 0 atom stereocenters. The number of amidine groups is 1. The Balaban J connectivity index is 2.17. The summed E-state index contributed by atoms with van der Waals surface area (Å²) in [6, 6.07) is 0.187. The van der Waals surface area contributed by atoms with E-state index >= 15 is 0 Å². The fourth-order valence-corrected chi connectivity index (χ4v) is 3.43. The summed E-state index contributed by atoms with van der Waals surface area (Å²) in [4.78, 5) is 14.7. The molecule has 6 nitrogen and oxygen atoms in total. The van der Waals surface area contributed by atoms with Gasteiger partial charge in [-0.15, -0.1) is 0 Å². The Morgan fingerprint density at radius 2 is 1.90 bits per heavy atom. The number of rotatable bonds is 5. The number of amides is 1. The maximum absolute atomic E-state index is 12.9. The highest BCUT2D eigenvalue weighted by Gasteiger charge is 2.51. The molecule has 0 aromatic rings. The van der Waals surface area contributed by atoms with Gasteiger partial charge in [-0.3, -0.25) is 4.79 Å². The van der Waals surface area contributed by atoms with Gasteiger partial charge in [-0.05, 0) is 25.7 Å². The Labute approximate surface area is 119 Å². The second kappa shape index (κ2) is 6.43. The highest BCUT2D eigenvalue weighted by atomic mass is 16.4. The Hall–Kier alpha value is -1.30. The van der Waals surface area contributed by atoms with Crippen molar-refractivity contribution in [2.45, 2.75) is 57.4 Å². The molecule has 4 N–H and O–H groups in total. The van der Waals surface area contributed by atoms with Crippen molar-refractivity contribution in [3.63, 3.8) is 0 Å². The standard InChI is InChI=1S/C14H25N3O3/c15-12(16-20)14(7-4-8-14)13(19)17(9-10-18)11-5-2-1-3-6-11/h11,18,20H,1-10H2,(H2,15,16). The summed E-state index contributed by atoms with van der Waals surface area (Å²) in [6.07, 6.45) is 7.61. The first-order chi connectivity index (χ1) is 9.65. The summed E-state index contributed by atoms with van der Waals surface area (Å²) < 4.78 is 0. The normalized spacial score (nSPS) is 23.1. The van der Waals surface area contributed by atoms with Crippen molar-refractivity contribution in [2.75, 3.05) is 13.2 Å². The van der Waals surface area contributed by atoms with Crippen LogP contribution in [0.15, 0.2) is 5.16 Å². The SMILES string of the molecule is NC(=NO)C1(C(=O)N(CCO)C2CCCCC2)CCC1. The Bertz CT molecular complexity index is 374. The molecule has 6 heteroatoms. The molecule has 2 saturated carbocycles. The van der Waals surface area contributed by atoms with Gasteiger partial charge in [-0.2, -0.15) is 0 Å². The molecule has 0 aromatic carbocycles. The summed E-state index contributed by atoms with van der Waals surface area (Å²) in [5, 5.41) is 21.3. The van der Waals surface area contributed by atoms with E-state index in [4.69, 9.17) is 10.9 Å². The van der Waals surface area contributed by atoms with Gasteiger partial charge in [-0.25, -0.2) is 0 Å². The Morgan fingerprint density at radius 1 is 1.25 bits per heavy atom. The van der Waals surface area contributed by atoms with Crippen LogP contribution in [0.5, 0.6) is 0 Å². The lowest BCUT2D eigenvalue weighted by Crippen LogP contribution is -2.58. The van der Waals surface area contributed by atoms with Crippen LogP contribution in [0.25, 0.3) is 0 Å². The van der Waals surface area contributed by atoms with E-state index in [9.17, 15) is 9.90 Å². The number of nitrogens with two attached hydrogens (primary N) is 1. The van der Waals surface area contributed by atoms with Crippen molar-refractivity contribution >= 4 is 11.7 Å². The lowest BCUT2D eigenvalue weighted by atomic mass is 9.66. The fraction of sp³-hybridized carbons (Fsp3) is 0.857. The monoisotopic (exact) mass is 283 g/mol. The van der Waals surface area contributed by atoms with Crippen LogP contribution in [-0.4, -0.2) is 46.1 Å². The van der Waals surface area contributed by atoms with Crippen LogP contribution >= 0.6 is 0 Å². The molecule has 0 aromatic heterocycles. The maximum atomic E-state index is 12.9. The second-order valence-corrected chi connectivity index (χ2v) is 5.93. The van der Waals surface area contributed by atoms with Crippen LogP contribution in [0.2, 0.25) is 0 Å². The molecule has 1 amide bonds. The summed E-state index contributed by atoms with van der Waals surface area (Å²) in [5.74, 6) is -0.0486. The molecule has 0 spiro atoms. The highest BCUT2D eigenvalue weighted by molar-refractivity contribution is 6.07. The van der Waals surface area contributed by atoms with Crippen molar-refractivity contribution in [1.29, 1.82) is 0 Å². The first-order valence-corrected chi connectivity index (χ1v) is 7.55. The quantitative estimate of drug-likeness (QED) is 0.304. The molecule has 0 aliphatic heterocycles. The lowest BCUT2D eigenvalue weighted by Gasteiger charge is -2.45. The van der Waals surface area contributed by atoms with E-state index < -0.39 is 5.41 Å². The van der Waals surface area contributed by atoms with Crippen LogP contribution in [0.3, 0.4) is 0 Å². The van der Waals surface area contributed by atoms with E-state index in [1.54, 1.807) is 4.90 Å². The molecule has 20 heavy (non-hydrogen) atoms. The molecular weight excluding hydrogens is 258 g/mol. The lowest BCUT2D eigenvalue weighted by molar-refractivity contribution is -0.146. The van der Waals surface area contributed by atoms with Gasteiger partial charge in [0.2, 0.25) is 5.91 Å². The molecular formula is C14H25N3O3. The second-order valence-electron chi connectivity index (χ2n) is 5.93. The van der Waals surface area contributed by atoms with E-state index in [0.717, 1.165) is 32.1 Å². The van der Waals surface area contributed by atoms with E-state index in [1.807, 2.05) is 0 Å². The minimum absolute atomic E-state index is 0.0208. The molecule has 114 valence electrons. The van der Waals surface area contributed by atoms with E-state index in [2.05, 4.69) is 5.16 Å². The molecule has 2 aliphatic rings. The van der Waals surface area contributed by atoms with E-state index in [-0.39, 0.29) is 24.4 Å². The molecule has 2 aliphatic carbocycles. The summed E-state index contributed by atoms with van der Waals surface area (Å²) in [6.45, 7) is 0.290. The topological polar surface area (TPSA) is 99.2 Å². The minimum atomic E-state index is -0.832. The predicted octanol–water partition coefficient (Wildman–Crippen LogP) is 1.06. The molecule has 0 saturated heterocycles. The number of oxime groups is 1. The summed E-state index contributed by atoms with van der Waals surface area (Å²) >= 11 is 0. The van der Waals surface area contributed by atoms with Crippen molar-refractivity contribution in [1.82, 2.24) is 4.90 Å². The molecule has 2 rings (SSSR count). The first-order valence-electron chi connectivity index (χ1n) is 7.55. The number of aliphatic hydroxyl groups is 1. The van der Waals surface area contributed by atoms with Crippen LogP contribution in [0.4, 0.5) is 0 Å². The van der Waals surface area contributed by atoms with Crippen molar-refractivity contribution in [3.05, 3.63) is 0 Å². The maximum Gasteiger partial charge on any atom is 0.236 e. The molecule has 0 heterocycles. The van der Waals surface area contributed by atoms with Gasteiger partial charge in [0.25, 0.3) is 0 Å². The minimum Gasteiger partial charge on any atom is -0.409 e. The number of hydrogen-bond donors (Lipinski definition) is 3. The van der Waals surface area contributed by atoms with E-state index in [0.29, 0.717) is 19.4 Å². The van der Waals surface area contributed by atoms with Gasteiger partial charge in [0, 0.05) is 12.6 Å². The van der Waals surface area contributed by atoms with Gasteiger partial charge in [0.1, 0.15) is 5.41 Å². The number of aliphatic hydroxyl groups excluding tert-OH is 1. The zero-order valence-corrected chi connectivity index (χ0v) is 11.9. The van der Waals surface area contributed by atoms with Gasteiger partial charge >= 0.3 is 0 Å². The first kappa shape index (κ1) is 15.1. The third-order valence-electron chi connectivity index (χ3n) is 4.83. The van der Waals surface area contributed by atoms with Gasteiger partial charge in [0.05, 0.1) is 6.61 Å². The third kappa shape index (κ3) is 2.61. The Morgan fingerprint density at radius 3 is 2.35 bits per heavy atom. The number of nitrogens with zero attached hydrogens (tertiary/aromatic N) is 2. The number of carbonyl (C=O) groups is 1. The zero-order chi connectivity index (χ0) is 14.6. The molecule has 2 fully saturated rings. The van der Waals surface area contributed by atoms with Crippen LogP contribution in [0.1, 0.15) is 51.4 Å². The van der Waals surface area contributed by atoms with Gasteiger partial charge < -0.3 is 20.9 Å². The zero-order valence-electron chi connectivity index (χ0n) is 11.9. The summed E-state index contributed by atoms with van der Waals surface area (Å²) in [5.41, 5.74) is 4.94. The van der Waals surface area contributed by atoms with Gasteiger partial charge in [-0.1, -0.05) is 30.8 Å². The largest absolute Gasteiger partial charge is 0.409 e. The predicted molar refractivity (Wildman–Crippen MR) is 75.4 cm³/mol. The number of carbonyl (C=O) groups excluding carboxylic acids is 1. The third-order valence-corrected chi connectivity index (χ3v) is 4.83. The molecule has 0 bridgehead atoms. The van der Waals surface area contributed by atoms with Crippen molar-refractivity contribution in [2.24, 2.45) is 16.3 Å². The molecule has 0 unspecified atom stereocenters. The highest BCUT2D eigenvalue weighted by Crippen LogP contribution is 2.43. The fourth-order valence-electron chi connectivity index (χ4n) is 3.43. The summed E-state index contributed by atoms with van der Waals surface area (Å²) in [7, 11) is 0. The van der Waals surface area contributed by atoms with E-state index in [1.165, 1.54) is 6.42 Å².